The van der Waals surface area contributed by atoms with Gasteiger partial charge in [-0.3, -0.25) is 14.9 Å². The molecule has 0 saturated heterocycles. The zero-order valence-electron chi connectivity index (χ0n) is 10.4. The van der Waals surface area contributed by atoms with Crippen molar-refractivity contribution in [3.05, 3.63) is 33.2 Å². The van der Waals surface area contributed by atoms with Crippen LogP contribution in [0.1, 0.15) is 25.1 Å². The standard InChI is InChI=1S/C12H16N2O3S/c1-9(2)7-8-13-11(15)5-3-10-4-6-12(18-10)14(16)17/h3-6,9H,7-8H2,1-2H3,(H,13,15)/b5-3+. The average molecular weight is 268 g/mol. The molecule has 1 N–H and O–H groups in total. The summed E-state index contributed by atoms with van der Waals surface area (Å²) in [5, 5.41) is 13.3. The van der Waals surface area contributed by atoms with Crippen molar-refractivity contribution in [3.8, 4) is 0 Å². The van der Waals surface area contributed by atoms with Gasteiger partial charge in [-0.05, 0) is 24.5 Å². The molecule has 0 fully saturated rings. The molecule has 0 spiro atoms. The lowest BCUT2D eigenvalue weighted by Gasteiger charge is -2.04. The van der Waals surface area contributed by atoms with E-state index in [1.807, 2.05) is 0 Å². The zero-order chi connectivity index (χ0) is 13.5. The predicted molar refractivity (Wildman–Crippen MR) is 72.5 cm³/mol. The van der Waals surface area contributed by atoms with Crippen molar-refractivity contribution >= 4 is 28.3 Å². The Balaban J connectivity index is 2.42. The zero-order valence-corrected chi connectivity index (χ0v) is 11.2. The first-order chi connectivity index (χ1) is 8.49. The maximum atomic E-state index is 11.4. The summed E-state index contributed by atoms with van der Waals surface area (Å²) in [7, 11) is 0. The molecule has 0 radical (unpaired) electrons. The van der Waals surface area contributed by atoms with E-state index in [2.05, 4.69) is 19.2 Å². The van der Waals surface area contributed by atoms with E-state index < -0.39 is 4.92 Å². The molecule has 0 bridgehead atoms. The Bertz CT molecular complexity index is 452. The van der Waals surface area contributed by atoms with Gasteiger partial charge in [0, 0.05) is 23.6 Å². The van der Waals surface area contributed by atoms with Gasteiger partial charge < -0.3 is 5.32 Å². The lowest BCUT2D eigenvalue weighted by molar-refractivity contribution is -0.380. The van der Waals surface area contributed by atoms with Crippen molar-refractivity contribution in [1.82, 2.24) is 5.32 Å². The number of nitrogens with one attached hydrogen (secondary N) is 1. The highest BCUT2D eigenvalue weighted by Gasteiger charge is 2.07. The summed E-state index contributed by atoms with van der Waals surface area (Å²) in [6, 6.07) is 3.06. The maximum absolute atomic E-state index is 11.4. The predicted octanol–water partition coefficient (Wildman–Crippen LogP) is 2.83. The first kappa shape index (κ1) is 14.4. The third kappa shape index (κ3) is 5.09. The number of thiophene rings is 1. The highest BCUT2D eigenvalue weighted by molar-refractivity contribution is 7.16. The minimum absolute atomic E-state index is 0.0786. The minimum Gasteiger partial charge on any atom is -0.353 e. The van der Waals surface area contributed by atoms with Crippen LogP contribution in [0, 0.1) is 16.0 Å². The van der Waals surface area contributed by atoms with E-state index in [1.54, 1.807) is 12.1 Å². The molecule has 0 aliphatic carbocycles. The molecule has 1 amide bonds. The molecule has 0 saturated carbocycles. The fourth-order valence-electron chi connectivity index (χ4n) is 1.23. The Morgan fingerprint density at radius 3 is 2.83 bits per heavy atom. The van der Waals surface area contributed by atoms with E-state index in [-0.39, 0.29) is 10.9 Å². The highest BCUT2D eigenvalue weighted by atomic mass is 32.1. The largest absolute Gasteiger partial charge is 0.353 e. The van der Waals surface area contributed by atoms with Gasteiger partial charge in [-0.2, -0.15) is 0 Å². The number of nitrogens with zero attached hydrogens (tertiary/aromatic N) is 1. The number of carbonyl (C=O) groups is 1. The Morgan fingerprint density at radius 2 is 2.28 bits per heavy atom. The van der Waals surface area contributed by atoms with Crippen LogP contribution in [0.3, 0.4) is 0 Å². The van der Waals surface area contributed by atoms with Gasteiger partial charge in [0.05, 0.1) is 4.92 Å². The van der Waals surface area contributed by atoms with E-state index in [9.17, 15) is 14.9 Å². The molecule has 0 unspecified atom stereocenters. The monoisotopic (exact) mass is 268 g/mol. The van der Waals surface area contributed by atoms with Gasteiger partial charge in [0.2, 0.25) is 5.91 Å². The van der Waals surface area contributed by atoms with Crippen LogP contribution in [0.4, 0.5) is 5.00 Å². The third-order valence-corrected chi connectivity index (χ3v) is 3.21. The average Bonchev–Trinajstić information content (AvgIpc) is 2.74. The Morgan fingerprint density at radius 1 is 1.56 bits per heavy atom. The molecule has 5 nitrogen and oxygen atoms in total. The van der Waals surface area contributed by atoms with Gasteiger partial charge in [-0.25, -0.2) is 0 Å². The molecule has 1 aromatic rings. The summed E-state index contributed by atoms with van der Waals surface area (Å²) in [5.41, 5.74) is 0. The summed E-state index contributed by atoms with van der Waals surface area (Å²) < 4.78 is 0. The van der Waals surface area contributed by atoms with Crippen molar-refractivity contribution in [2.24, 2.45) is 5.92 Å². The number of nitro groups is 1. The van der Waals surface area contributed by atoms with Gasteiger partial charge in [-0.1, -0.05) is 25.2 Å². The summed E-state index contributed by atoms with van der Waals surface area (Å²) in [4.78, 5) is 22.1. The molecular weight excluding hydrogens is 252 g/mol. The topological polar surface area (TPSA) is 72.2 Å². The molecule has 98 valence electrons. The fraction of sp³-hybridized carbons (Fsp3) is 0.417. The van der Waals surface area contributed by atoms with Crippen LogP contribution < -0.4 is 5.32 Å². The number of amides is 1. The molecule has 1 heterocycles. The number of rotatable bonds is 6. The van der Waals surface area contributed by atoms with Crippen LogP contribution in [0.5, 0.6) is 0 Å². The quantitative estimate of drug-likeness (QED) is 0.490. The van der Waals surface area contributed by atoms with Crippen molar-refractivity contribution < 1.29 is 9.72 Å². The van der Waals surface area contributed by atoms with E-state index >= 15 is 0 Å². The van der Waals surface area contributed by atoms with Gasteiger partial charge in [0.15, 0.2) is 0 Å². The summed E-state index contributed by atoms with van der Waals surface area (Å²) in [5.74, 6) is 0.376. The van der Waals surface area contributed by atoms with Crippen molar-refractivity contribution in [2.75, 3.05) is 6.54 Å². The van der Waals surface area contributed by atoms with Gasteiger partial charge in [0.1, 0.15) is 0 Å². The van der Waals surface area contributed by atoms with Gasteiger partial charge >= 0.3 is 5.00 Å². The van der Waals surface area contributed by atoms with E-state index in [1.165, 1.54) is 12.1 Å². The van der Waals surface area contributed by atoms with Crippen LogP contribution in [0.25, 0.3) is 6.08 Å². The lowest BCUT2D eigenvalue weighted by atomic mass is 10.1. The molecule has 0 atom stereocenters. The second kappa shape index (κ2) is 6.90. The second-order valence-electron chi connectivity index (χ2n) is 4.24. The van der Waals surface area contributed by atoms with Crippen LogP contribution in [0.2, 0.25) is 0 Å². The first-order valence-corrected chi connectivity index (χ1v) is 6.51. The highest BCUT2D eigenvalue weighted by Crippen LogP contribution is 2.24. The Kier molecular flexibility index (Phi) is 5.51. The summed E-state index contributed by atoms with van der Waals surface area (Å²) in [6.07, 6.45) is 3.92. The normalized spacial score (nSPS) is 11.1. The molecule has 0 aromatic carbocycles. The molecule has 1 rings (SSSR count). The van der Waals surface area contributed by atoms with Crippen LogP contribution in [-0.2, 0) is 4.79 Å². The van der Waals surface area contributed by atoms with Crippen molar-refractivity contribution in [1.29, 1.82) is 0 Å². The van der Waals surface area contributed by atoms with Crippen molar-refractivity contribution in [2.45, 2.75) is 20.3 Å². The molecule has 0 aliphatic heterocycles. The Labute approximate surface area is 110 Å². The SMILES string of the molecule is CC(C)CCNC(=O)/C=C/c1ccc([N+](=O)[O-])s1. The maximum Gasteiger partial charge on any atom is 0.324 e. The Hall–Kier alpha value is -1.69. The van der Waals surface area contributed by atoms with E-state index in [4.69, 9.17) is 0 Å². The van der Waals surface area contributed by atoms with Gasteiger partial charge in [-0.15, -0.1) is 0 Å². The molecule has 6 heteroatoms. The smallest absolute Gasteiger partial charge is 0.324 e. The first-order valence-electron chi connectivity index (χ1n) is 5.69. The third-order valence-electron chi connectivity index (χ3n) is 2.21. The lowest BCUT2D eigenvalue weighted by Crippen LogP contribution is -2.22. The summed E-state index contributed by atoms with van der Waals surface area (Å²) >= 11 is 1.05. The van der Waals surface area contributed by atoms with Crippen molar-refractivity contribution in [3.63, 3.8) is 0 Å². The molecule has 0 aliphatic rings. The number of hydrogen-bond acceptors (Lipinski definition) is 4. The fourth-order valence-corrected chi connectivity index (χ4v) is 1.95. The molecule has 18 heavy (non-hydrogen) atoms. The minimum atomic E-state index is -0.440. The second-order valence-corrected chi connectivity index (χ2v) is 5.33. The summed E-state index contributed by atoms with van der Waals surface area (Å²) in [6.45, 7) is 4.82. The van der Waals surface area contributed by atoms with E-state index in [0.29, 0.717) is 17.3 Å². The van der Waals surface area contributed by atoms with Crippen LogP contribution in [0.15, 0.2) is 18.2 Å². The van der Waals surface area contributed by atoms with Crippen LogP contribution in [-0.4, -0.2) is 17.4 Å². The molecular formula is C12H16N2O3S. The van der Waals surface area contributed by atoms with Gasteiger partial charge in [0.25, 0.3) is 0 Å². The van der Waals surface area contributed by atoms with Crippen LogP contribution >= 0.6 is 11.3 Å². The van der Waals surface area contributed by atoms with E-state index in [0.717, 1.165) is 17.8 Å². The number of hydrogen-bond donors (Lipinski definition) is 1. The molecule has 1 aromatic heterocycles. The number of carbonyl (C=O) groups excluding carboxylic acids is 1.